The van der Waals surface area contributed by atoms with Crippen molar-refractivity contribution in [2.24, 2.45) is 5.92 Å². The van der Waals surface area contributed by atoms with Gasteiger partial charge in [-0.25, -0.2) is 0 Å². The summed E-state index contributed by atoms with van der Waals surface area (Å²) in [5.41, 5.74) is 1.96. The number of pyridine rings is 1. The summed E-state index contributed by atoms with van der Waals surface area (Å²) in [4.78, 5) is 18.0. The molecule has 1 N–H and O–H groups in total. The normalized spacial score (nSPS) is 23.7. The van der Waals surface area contributed by atoms with Crippen LogP contribution < -0.4 is 14.7 Å². The van der Waals surface area contributed by atoms with Gasteiger partial charge in [0.2, 0.25) is 5.78 Å². The van der Waals surface area contributed by atoms with Crippen LogP contribution in [-0.2, 0) is 6.54 Å². The number of carbonyl (C=O) groups is 1. The number of quaternary nitrogens is 1. The number of hydrogen-bond donors (Lipinski definition) is 1. The van der Waals surface area contributed by atoms with Gasteiger partial charge in [-0.05, 0) is 48.6 Å². The summed E-state index contributed by atoms with van der Waals surface area (Å²) in [6, 6.07) is 6.71. The van der Waals surface area contributed by atoms with E-state index in [1.54, 1.807) is 24.5 Å². The third-order valence-electron chi connectivity index (χ3n) is 5.31. The molecule has 3 heterocycles. The number of ketones is 1. The predicted molar refractivity (Wildman–Crippen MR) is 95.9 cm³/mol. The summed E-state index contributed by atoms with van der Waals surface area (Å²) in [5, 5.41) is 12.5. The SMILES string of the molecule is CC1CC[NH+](Cc2c([O-])ccc3c2O/C(=C\c2ccncc2)C3=O)CC1. The maximum absolute atomic E-state index is 12.7. The molecule has 0 saturated carbocycles. The number of nitrogens with zero attached hydrogens (tertiary/aromatic N) is 1. The second-order valence-electron chi connectivity index (χ2n) is 7.25. The molecule has 1 aromatic carbocycles. The van der Waals surface area contributed by atoms with Crippen molar-refractivity contribution in [3.05, 3.63) is 59.1 Å². The van der Waals surface area contributed by atoms with Crippen molar-refractivity contribution in [3.8, 4) is 11.5 Å². The maximum Gasteiger partial charge on any atom is 0.231 e. The lowest BCUT2D eigenvalue weighted by atomic mass is 9.98. The fourth-order valence-electron chi connectivity index (χ4n) is 3.66. The number of fused-ring (bicyclic) bond motifs is 1. The number of benzene rings is 1. The molecule has 0 atom stereocenters. The molecule has 0 aliphatic carbocycles. The standard InChI is InChI=1S/C21H22N2O3/c1-14-6-10-23(11-7-14)13-17-18(24)3-2-16-20(25)19(26-21(16)17)12-15-4-8-22-9-5-15/h2-5,8-9,12,14,24H,6-7,10-11,13H2,1H3/b19-12-. The van der Waals surface area contributed by atoms with E-state index < -0.39 is 0 Å². The minimum atomic E-state index is -0.166. The third kappa shape index (κ3) is 3.22. The van der Waals surface area contributed by atoms with Crippen LogP contribution in [0.2, 0.25) is 0 Å². The number of aromatic nitrogens is 1. The van der Waals surface area contributed by atoms with Crippen LogP contribution >= 0.6 is 0 Å². The van der Waals surface area contributed by atoms with Crippen molar-refractivity contribution >= 4 is 11.9 Å². The van der Waals surface area contributed by atoms with Crippen LogP contribution in [0.4, 0.5) is 0 Å². The summed E-state index contributed by atoms with van der Waals surface area (Å²) in [6.45, 7) is 4.99. The zero-order valence-electron chi connectivity index (χ0n) is 14.8. The van der Waals surface area contributed by atoms with E-state index >= 15 is 0 Å². The second-order valence-corrected chi connectivity index (χ2v) is 7.25. The molecule has 5 heteroatoms. The Hall–Kier alpha value is -2.66. The van der Waals surface area contributed by atoms with Crippen LogP contribution in [0.15, 0.2) is 42.4 Å². The number of allylic oxidation sites excluding steroid dienone is 1. The number of likely N-dealkylation sites (tertiary alicyclic amines) is 1. The first kappa shape index (κ1) is 16.8. The van der Waals surface area contributed by atoms with Crippen LogP contribution in [0.1, 0.15) is 41.3 Å². The highest BCUT2D eigenvalue weighted by atomic mass is 16.5. The first-order valence-corrected chi connectivity index (χ1v) is 9.12. The summed E-state index contributed by atoms with van der Waals surface area (Å²) < 4.78 is 5.88. The first-order chi connectivity index (χ1) is 12.6. The summed E-state index contributed by atoms with van der Waals surface area (Å²) >= 11 is 0. The molecule has 0 bridgehead atoms. The van der Waals surface area contributed by atoms with Crippen molar-refractivity contribution in [1.82, 2.24) is 4.98 Å². The molecule has 134 valence electrons. The molecule has 2 aliphatic rings. The largest absolute Gasteiger partial charge is 0.872 e. The Morgan fingerprint density at radius 3 is 2.69 bits per heavy atom. The van der Waals surface area contributed by atoms with Gasteiger partial charge >= 0.3 is 0 Å². The van der Waals surface area contributed by atoms with E-state index in [9.17, 15) is 9.90 Å². The van der Waals surface area contributed by atoms with Gasteiger partial charge in [-0.3, -0.25) is 9.78 Å². The van der Waals surface area contributed by atoms with Gasteiger partial charge in [0, 0.05) is 18.0 Å². The number of Topliss-reactive ketones (excluding diaryl/α,β-unsaturated/α-hetero) is 1. The van der Waals surface area contributed by atoms with Crippen molar-refractivity contribution in [3.63, 3.8) is 0 Å². The van der Waals surface area contributed by atoms with Crippen LogP contribution in [0.3, 0.4) is 0 Å². The molecule has 4 rings (SSSR count). The number of rotatable bonds is 3. The Morgan fingerprint density at radius 1 is 1.23 bits per heavy atom. The van der Waals surface area contributed by atoms with Crippen molar-refractivity contribution in [2.45, 2.75) is 26.3 Å². The summed E-state index contributed by atoms with van der Waals surface area (Å²) in [5.74, 6) is 1.25. The topological polar surface area (TPSA) is 66.7 Å². The lowest BCUT2D eigenvalue weighted by Crippen LogP contribution is -3.11. The lowest BCUT2D eigenvalue weighted by molar-refractivity contribution is -0.919. The molecule has 0 unspecified atom stereocenters. The molecule has 0 amide bonds. The molecule has 2 aromatic rings. The van der Waals surface area contributed by atoms with Gasteiger partial charge in [0.1, 0.15) is 12.3 Å². The van der Waals surface area contributed by atoms with E-state index in [4.69, 9.17) is 4.74 Å². The number of ether oxygens (including phenoxy) is 1. The zero-order valence-corrected chi connectivity index (χ0v) is 14.8. The quantitative estimate of drug-likeness (QED) is 0.854. The monoisotopic (exact) mass is 350 g/mol. The van der Waals surface area contributed by atoms with Crippen molar-refractivity contribution < 1.29 is 19.5 Å². The fraction of sp³-hybridized carbons (Fsp3) is 0.333. The Kier molecular flexibility index (Phi) is 4.47. The van der Waals surface area contributed by atoms with Gasteiger partial charge in [-0.2, -0.15) is 0 Å². The first-order valence-electron chi connectivity index (χ1n) is 9.12. The maximum atomic E-state index is 12.7. The highest BCUT2D eigenvalue weighted by Gasteiger charge is 2.31. The van der Waals surface area contributed by atoms with Gasteiger partial charge in [0.15, 0.2) is 5.76 Å². The predicted octanol–water partition coefficient (Wildman–Crippen LogP) is 1.59. The Morgan fingerprint density at radius 2 is 1.96 bits per heavy atom. The third-order valence-corrected chi connectivity index (χ3v) is 5.31. The van der Waals surface area contributed by atoms with Gasteiger partial charge in [-0.15, -0.1) is 0 Å². The Bertz CT molecular complexity index is 853. The minimum absolute atomic E-state index is 0.0483. The average molecular weight is 350 g/mol. The van der Waals surface area contributed by atoms with E-state index in [-0.39, 0.29) is 17.3 Å². The summed E-state index contributed by atoms with van der Waals surface area (Å²) in [7, 11) is 0. The van der Waals surface area contributed by atoms with Gasteiger partial charge in [0.05, 0.1) is 18.7 Å². The van der Waals surface area contributed by atoms with E-state index in [2.05, 4.69) is 11.9 Å². The van der Waals surface area contributed by atoms with Crippen molar-refractivity contribution in [1.29, 1.82) is 0 Å². The second kappa shape index (κ2) is 6.92. The van der Waals surface area contributed by atoms with E-state index in [0.717, 1.165) is 24.6 Å². The molecule has 5 nitrogen and oxygen atoms in total. The highest BCUT2D eigenvalue weighted by molar-refractivity contribution is 6.14. The minimum Gasteiger partial charge on any atom is -0.872 e. The number of hydrogen-bond acceptors (Lipinski definition) is 4. The number of piperidine rings is 1. The lowest BCUT2D eigenvalue weighted by Gasteiger charge is -2.29. The van der Waals surface area contributed by atoms with E-state index in [1.165, 1.54) is 23.8 Å². The Balaban J connectivity index is 1.62. The van der Waals surface area contributed by atoms with E-state index in [1.807, 2.05) is 12.1 Å². The molecule has 2 aliphatic heterocycles. The molecule has 1 aromatic heterocycles. The molecule has 0 radical (unpaired) electrons. The fourth-order valence-corrected chi connectivity index (χ4v) is 3.66. The van der Waals surface area contributed by atoms with Crippen LogP contribution in [0.5, 0.6) is 11.5 Å². The van der Waals surface area contributed by atoms with Crippen molar-refractivity contribution in [2.75, 3.05) is 13.1 Å². The van der Waals surface area contributed by atoms with Gasteiger partial charge in [-0.1, -0.05) is 18.7 Å². The van der Waals surface area contributed by atoms with Crippen LogP contribution in [-0.4, -0.2) is 23.9 Å². The molecule has 1 fully saturated rings. The van der Waals surface area contributed by atoms with Crippen LogP contribution in [0.25, 0.3) is 6.08 Å². The average Bonchev–Trinajstić information content (AvgIpc) is 2.96. The van der Waals surface area contributed by atoms with E-state index in [0.29, 0.717) is 23.4 Å². The number of nitrogens with one attached hydrogen (secondary N) is 1. The van der Waals surface area contributed by atoms with Gasteiger partial charge in [0.25, 0.3) is 0 Å². The highest BCUT2D eigenvalue weighted by Crippen LogP contribution is 2.38. The molecular weight excluding hydrogens is 328 g/mol. The molecular formula is C21H22N2O3. The smallest absolute Gasteiger partial charge is 0.231 e. The number of carbonyl (C=O) groups excluding carboxylic acids is 1. The van der Waals surface area contributed by atoms with Gasteiger partial charge < -0.3 is 14.7 Å². The Labute approximate surface area is 152 Å². The van der Waals surface area contributed by atoms with Crippen LogP contribution in [0, 0.1) is 5.92 Å². The molecule has 26 heavy (non-hydrogen) atoms. The summed E-state index contributed by atoms with van der Waals surface area (Å²) in [6.07, 6.45) is 7.38. The zero-order chi connectivity index (χ0) is 18.1. The molecule has 0 spiro atoms. The molecule has 1 saturated heterocycles.